The SMILES string of the molecule is O=S(=O)(c1ccc(Br)s1)N1CCC[C@H](Cc2nc(C3CC3)no2)C1. The number of piperidine rings is 1. The third kappa shape index (κ3) is 3.44. The van der Waals surface area contributed by atoms with Crippen LogP contribution in [0, 0.1) is 5.92 Å². The van der Waals surface area contributed by atoms with E-state index < -0.39 is 10.0 Å². The second kappa shape index (κ2) is 6.51. The maximum absolute atomic E-state index is 12.8. The minimum Gasteiger partial charge on any atom is -0.339 e. The Balaban J connectivity index is 1.44. The van der Waals surface area contributed by atoms with Gasteiger partial charge in [0.05, 0.1) is 3.79 Å². The van der Waals surface area contributed by atoms with E-state index in [1.165, 1.54) is 11.3 Å². The minimum absolute atomic E-state index is 0.226. The first-order chi connectivity index (χ1) is 11.5. The lowest BCUT2D eigenvalue weighted by Crippen LogP contribution is -2.40. The van der Waals surface area contributed by atoms with Crippen LogP contribution in [-0.4, -0.2) is 36.0 Å². The maximum Gasteiger partial charge on any atom is 0.252 e. The van der Waals surface area contributed by atoms with E-state index in [2.05, 4.69) is 26.1 Å². The zero-order chi connectivity index (χ0) is 16.7. The standard InChI is InChI=1S/C15H18BrN3O3S2/c16-12-5-6-14(23-12)24(20,21)19-7-1-2-10(9-19)8-13-17-15(18-22-13)11-3-4-11/h5-6,10-11H,1-4,7-9H2/t10-/m1/s1. The van der Waals surface area contributed by atoms with Crippen molar-refractivity contribution in [2.45, 2.75) is 42.2 Å². The summed E-state index contributed by atoms with van der Waals surface area (Å²) in [5, 5.41) is 4.04. The summed E-state index contributed by atoms with van der Waals surface area (Å²) >= 11 is 4.58. The monoisotopic (exact) mass is 431 g/mol. The summed E-state index contributed by atoms with van der Waals surface area (Å²) in [6.45, 7) is 1.09. The molecule has 130 valence electrons. The van der Waals surface area contributed by atoms with Crippen molar-refractivity contribution in [3.63, 3.8) is 0 Å². The van der Waals surface area contributed by atoms with Crippen molar-refractivity contribution in [3.05, 3.63) is 27.6 Å². The third-order valence-corrected chi connectivity index (χ3v) is 8.47. The molecule has 0 unspecified atom stereocenters. The molecule has 1 saturated heterocycles. The fourth-order valence-electron chi connectivity index (χ4n) is 3.08. The Morgan fingerprint density at radius 1 is 1.33 bits per heavy atom. The highest BCUT2D eigenvalue weighted by Crippen LogP contribution is 2.38. The Labute approximate surface area is 153 Å². The molecule has 0 N–H and O–H groups in total. The largest absolute Gasteiger partial charge is 0.339 e. The van der Waals surface area contributed by atoms with E-state index in [9.17, 15) is 8.42 Å². The molecule has 0 spiro atoms. The van der Waals surface area contributed by atoms with Gasteiger partial charge in [-0.25, -0.2) is 8.42 Å². The highest BCUT2D eigenvalue weighted by atomic mass is 79.9. The average molecular weight is 432 g/mol. The van der Waals surface area contributed by atoms with Crippen molar-refractivity contribution in [3.8, 4) is 0 Å². The topological polar surface area (TPSA) is 76.3 Å². The number of thiophene rings is 1. The van der Waals surface area contributed by atoms with Crippen LogP contribution in [0.3, 0.4) is 0 Å². The number of sulfonamides is 1. The van der Waals surface area contributed by atoms with Crippen molar-refractivity contribution in [2.75, 3.05) is 13.1 Å². The van der Waals surface area contributed by atoms with Gasteiger partial charge in [0, 0.05) is 25.4 Å². The lowest BCUT2D eigenvalue weighted by atomic mass is 9.96. The molecule has 2 fully saturated rings. The highest BCUT2D eigenvalue weighted by Gasteiger charge is 2.33. The smallest absolute Gasteiger partial charge is 0.252 e. The third-order valence-electron chi connectivity index (χ3n) is 4.51. The van der Waals surface area contributed by atoms with Crippen LogP contribution in [0.2, 0.25) is 0 Å². The molecule has 4 rings (SSSR count). The average Bonchev–Trinajstić information content (AvgIpc) is 3.15. The molecular weight excluding hydrogens is 414 g/mol. The van der Waals surface area contributed by atoms with E-state index >= 15 is 0 Å². The Bertz CT molecular complexity index is 829. The molecule has 6 nitrogen and oxygen atoms in total. The molecule has 0 aromatic carbocycles. The van der Waals surface area contributed by atoms with E-state index in [1.54, 1.807) is 16.4 Å². The second-order valence-corrected chi connectivity index (χ2v) is 11.1. The molecule has 0 radical (unpaired) electrons. The van der Waals surface area contributed by atoms with Crippen LogP contribution in [0.5, 0.6) is 0 Å². The summed E-state index contributed by atoms with van der Waals surface area (Å²) in [5.74, 6) is 2.15. The quantitative estimate of drug-likeness (QED) is 0.724. The normalized spacial score (nSPS) is 22.8. The van der Waals surface area contributed by atoms with Crippen LogP contribution in [0.4, 0.5) is 0 Å². The highest BCUT2D eigenvalue weighted by molar-refractivity contribution is 9.11. The minimum atomic E-state index is -3.41. The molecule has 3 heterocycles. The van der Waals surface area contributed by atoms with Crippen molar-refractivity contribution < 1.29 is 12.9 Å². The van der Waals surface area contributed by atoms with Gasteiger partial charge < -0.3 is 4.52 Å². The number of nitrogens with zero attached hydrogens (tertiary/aromatic N) is 3. The first-order valence-corrected chi connectivity index (χ1v) is 11.2. The van der Waals surface area contributed by atoms with Crippen LogP contribution < -0.4 is 0 Å². The molecule has 1 saturated carbocycles. The van der Waals surface area contributed by atoms with Crippen LogP contribution in [0.1, 0.15) is 43.3 Å². The zero-order valence-electron chi connectivity index (χ0n) is 13.0. The first-order valence-electron chi connectivity index (χ1n) is 8.10. The number of hydrogen-bond acceptors (Lipinski definition) is 6. The molecule has 2 aromatic rings. The Morgan fingerprint density at radius 2 is 2.17 bits per heavy atom. The van der Waals surface area contributed by atoms with Gasteiger partial charge in [-0.05, 0) is 59.7 Å². The van der Waals surface area contributed by atoms with E-state index in [4.69, 9.17) is 4.52 Å². The van der Waals surface area contributed by atoms with Gasteiger partial charge in [0.2, 0.25) is 5.89 Å². The van der Waals surface area contributed by atoms with Crippen LogP contribution in [0.25, 0.3) is 0 Å². The van der Waals surface area contributed by atoms with Gasteiger partial charge in [0.1, 0.15) is 4.21 Å². The molecule has 2 aromatic heterocycles. The number of hydrogen-bond donors (Lipinski definition) is 0. The van der Waals surface area contributed by atoms with Gasteiger partial charge in [-0.2, -0.15) is 9.29 Å². The Hall–Kier alpha value is -0.770. The molecule has 0 amide bonds. The molecule has 2 aliphatic rings. The van der Waals surface area contributed by atoms with Crippen molar-refractivity contribution in [1.82, 2.24) is 14.4 Å². The lowest BCUT2D eigenvalue weighted by Gasteiger charge is -2.30. The molecule has 9 heteroatoms. The predicted octanol–water partition coefficient (Wildman–Crippen LogP) is 3.41. The molecule has 0 bridgehead atoms. The maximum atomic E-state index is 12.8. The number of aromatic nitrogens is 2. The first kappa shape index (κ1) is 16.7. The second-order valence-electron chi connectivity index (χ2n) is 6.45. The molecule has 1 aliphatic heterocycles. The molecular formula is C15H18BrN3O3S2. The van der Waals surface area contributed by atoms with Crippen molar-refractivity contribution in [2.24, 2.45) is 5.92 Å². The van der Waals surface area contributed by atoms with Crippen molar-refractivity contribution >= 4 is 37.3 Å². The van der Waals surface area contributed by atoms with Gasteiger partial charge in [-0.3, -0.25) is 0 Å². The van der Waals surface area contributed by atoms with E-state index in [-0.39, 0.29) is 5.92 Å². The summed E-state index contributed by atoms with van der Waals surface area (Å²) in [6, 6.07) is 3.43. The van der Waals surface area contributed by atoms with Gasteiger partial charge in [0.25, 0.3) is 10.0 Å². The summed E-state index contributed by atoms with van der Waals surface area (Å²) in [6.07, 6.45) is 4.79. The van der Waals surface area contributed by atoms with Crippen molar-refractivity contribution in [1.29, 1.82) is 0 Å². The summed E-state index contributed by atoms with van der Waals surface area (Å²) in [7, 11) is -3.41. The molecule has 24 heavy (non-hydrogen) atoms. The van der Waals surface area contributed by atoms with Gasteiger partial charge >= 0.3 is 0 Å². The summed E-state index contributed by atoms with van der Waals surface area (Å²) in [5.41, 5.74) is 0. The lowest BCUT2D eigenvalue weighted by molar-refractivity contribution is 0.247. The predicted molar refractivity (Wildman–Crippen MR) is 93.5 cm³/mol. The summed E-state index contributed by atoms with van der Waals surface area (Å²) in [4.78, 5) is 4.47. The zero-order valence-corrected chi connectivity index (χ0v) is 16.2. The molecule has 1 atom stereocenters. The van der Waals surface area contributed by atoms with Gasteiger partial charge in [-0.1, -0.05) is 5.16 Å². The van der Waals surface area contributed by atoms with Crippen LogP contribution in [0.15, 0.2) is 24.7 Å². The van der Waals surface area contributed by atoms with E-state index in [0.717, 1.165) is 35.3 Å². The van der Waals surface area contributed by atoms with Crippen LogP contribution >= 0.6 is 27.3 Å². The van der Waals surface area contributed by atoms with Gasteiger partial charge in [0.15, 0.2) is 5.82 Å². The Kier molecular flexibility index (Phi) is 4.53. The number of halogens is 1. The van der Waals surface area contributed by atoms with Crippen LogP contribution in [-0.2, 0) is 16.4 Å². The fourth-order valence-corrected chi connectivity index (χ4v) is 6.80. The van der Waals surface area contributed by atoms with Gasteiger partial charge in [-0.15, -0.1) is 11.3 Å². The van der Waals surface area contributed by atoms with E-state index in [1.807, 2.05) is 0 Å². The summed E-state index contributed by atoms with van der Waals surface area (Å²) < 4.78 is 33.7. The van der Waals surface area contributed by atoms with E-state index in [0.29, 0.717) is 35.5 Å². The Morgan fingerprint density at radius 3 is 2.88 bits per heavy atom. The fraction of sp³-hybridized carbons (Fsp3) is 0.600. The number of rotatable bonds is 5. The molecule has 1 aliphatic carbocycles.